The number of hydrogen-bond donors (Lipinski definition) is 3. The summed E-state index contributed by atoms with van der Waals surface area (Å²) in [4.78, 5) is 16.8. The molecule has 2 amide bonds. The quantitative estimate of drug-likeness (QED) is 0.623. The summed E-state index contributed by atoms with van der Waals surface area (Å²) in [5, 5.41) is 20.5. The fourth-order valence-corrected chi connectivity index (χ4v) is 1.44. The maximum Gasteiger partial charge on any atom is 0.323 e. The number of nitrogens with zero attached hydrogens (tertiary/aromatic N) is 2. The highest BCUT2D eigenvalue weighted by Crippen LogP contribution is 2.17. The van der Waals surface area contributed by atoms with Crippen molar-refractivity contribution in [2.24, 2.45) is 0 Å². The van der Waals surface area contributed by atoms with Gasteiger partial charge in [0.2, 0.25) is 0 Å². The molecule has 0 spiro atoms. The number of carbonyl (C=O) groups excluding carboxylic acids is 1. The third-order valence-electron chi connectivity index (χ3n) is 2.20. The largest absolute Gasteiger partial charge is 0.506 e. The van der Waals surface area contributed by atoms with Crippen molar-refractivity contribution < 1.29 is 15.0 Å². The lowest BCUT2D eigenvalue weighted by Gasteiger charge is -2.12. The van der Waals surface area contributed by atoms with Crippen molar-refractivity contribution >= 4 is 11.8 Å². The predicted octanol–water partition coefficient (Wildman–Crippen LogP) is -0.322. The van der Waals surface area contributed by atoms with E-state index in [1.54, 1.807) is 6.07 Å². The molecule has 6 heteroatoms. The van der Waals surface area contributed by atoms with Crippen molar-refractivity contribution in [2.45, 2.75) is 6.04 Å². The molecule has 1 aliphatic heterocycles. The Morgan fingerprint density at radius 1 is 1.60 bits per heavy atom. The number of nitrogens with one attached hydrogen (secondary N) is 1. The Bertz CT molecular complexity index is 365. The number of aliphatic hydroxyl groups is 1. The van der Waals surface area contributed by atoms with Gasteiger partial charge in [0, 0.05) is 0 Å². The number of hydrogen-bond acceptors (Lipinski definition) is 4. The standard InChI is InChI=1S/C9H11N3O3/c13-5-6-4-12(9(15)11-6)8-2-1-7(14)3-10-8/h1-3,6,13-14H,4-5H2,(H,11,15)/t6-/m0/s1. The number of rotatable bonds is 2. The van der Waals surface area contributed by atoms with E-state index >= 15 is 0 Å². The summed E-state index contributed by atoms with van der Waals surface area (Å²) in [7, 11) is 0. The van der Waals surface area contributed by atoms with Gasteiger partial charge >= 0.3 is 6.03 Å². The van der Waals surface area contributed by atoms with Gasteiger partial charge in [0.15, 0.2) is 0 Å². The second kappa shape index (κ2) is 3.74. The summed E-state index contributed by atoms with van der Waals surface area (Å²) < 4.78 is 0. The summed E-state index contributed by atoms with van der Waals surface area (Å²) in [6.07, 6.45) is 1.27. The molecule has 0 aromatic carbocycles. The van der Waals surface area contributed by atoms with E-state index in [-0.39, 0.29) is 24.4 Å². The van der Waals surface area contributed by atoms with Gasteiger partial charge in [-0.1, -0.05) is 0 Å². The lowest BCUT2D eigenvalue weighted by molar-refractivity contribution is 0.239. The Morgan fingerprint density at radius 3 is 2.93 bits per heavy atom. The number of anilines is 1. The molecule has 3 N–H and O–H groups in total. The molecule has 2 heterocycles. The van der Waals surface area contributed by atoms with Gasteiger partial charge in [-0.15, -0.1) is 0 Å². The van der Waals surface area contributed by atoms with Crippen LogP contribution in [0, 0.1) is 0 Å². The van der Waals surface area contributed by atoms with Crippen molar-refractivity contribution in [3.8, 4) is 5.75 Å². The number of aromatic nitrogens is 1. The van der Waals surface area contributed by atoms with E-state index in [1.807, 2.05) is 0 Å². The Morgan fingerprint density at radius 2 is 2.40 bits per heavy atom. The van der Waals surface area contributed by atoms with Gasteiger partial charge in [-0.3, -0.25) is 4.90 Å². The molecular formula is C9H11N3O3. The highest BCUT2D eigenvalue weighted by Gasteiger charge is 2.29. The maximum absolute atomic E-state index is 11.4. The van der Waals surface area contributed by atoms with Crippen LogP contribution in [0.3, 0.4) is 0 Å². The third-order valence-corrected chi connectivity index (χ3v) is 2.20. The van der Waals surface area contributed by atoms with Gasteiger partial charge in [-0.2, -0.15) is 0 Å². The number of amides is 2. The van der Waals surface area contributed by atoms with Gasteiger partial charge in [0.05, 0.1) is 25.4 Å². The Kier molecular flexibility index (Phi) is 2.42. The molecule has 1 saturated heterocycles. The highest BCUT2D eigenvalue weighted by atomic mass is 16.3. The van der Waals surface area contributed by atoms with Crippen LogP contribution in [-0.2, 0) is 0 Å². The molecule has 0 unspecified atom stereocenters. The third kappa shape index (κ3) is 1.84. The Balaban J connectivity index is 2.18. The van der Waals surface area contributed by atoms with Gasteiger partial charge in [0.25, 0.3) is 0 Å². The molecule has 1 aromatic heterocycles. The van der Waals surface area contributed by atoms with E-state index in [4.69, 9.17) is 10.2 Å². The molecule has 0 aliphatic carbocycles. The second-order valence-corrected chi connectivity index (χ2v) is 3.31. The Labute approximate surface area is 86.2 Å². The van der Waals surface area contributed by atoms with Crippen LogP contribution >= 0.6 is 0 Å². The first kappa shape index (κ1) is 9.72. The molecule has 0 bridgehead atoms. The zero-order valence-corrected chi connectivity index (χ0v) is 7.92. The first-order chi connectivity index (χ1) is 7.20. The summed E-state index contributed by atoms with van der Waals surface area (Å²) in [5.41, 5.74) is 0. The van der Waals surface area contributed by atoms with Crippen LogP contribution in [-0.4, -0.2) is 40.4 Å². The number of urea groups is 1. The first-order valence-corrected chi connectivity index (χ1v) is 4.54. The number of carbonyl (C=O) groups is 1. The van der Waals surface area contributed by atoms with Crippen LogP contribution in [0.2, 0.25) is 0 Å². The minimum atomic E-state index is -0.285. The molecule has 15 heavy (non-hydrogen) atoms. The molecule has 80 valence electrons. The zero-order valence-electron chi connectivity index (χ0n) is 7.92. The molecule has 1 atom stereocenters. The van der Waals surface area contributed by atoms with Crippen molar-refractivity contribution in [3.05, 3.63) is 18.3 Å². The van der Waals surface area contributed by atoms with E-state index in [2.05, 4.69) is 10.3 Å². The summed E-state index contributed by atoms with van der Waals surface area (Å²) >= 11 is 0. The predicted molar refractivity (Wildman–Crippen MR) is 52.7 cm³/mol. The molecule has 1 aliphatic rings. The van der Waals surface area contributed by atoms with Crippen LogP contribution in [0.1, 0.15) is 0 Å². The van der Waals surface area contributed by atoms with Crippen LogP contribution in [0.15, 0.2) is 18.3 Å². The van der Waals surface area contributed by atoms with Gasteiger partial charge in [0.1, 0.15) is 11.6 Å². The summed E-state index contributed by atoms with van der Waals surface area (Å²) in [6, 6.07) is 2.47. The van der Waals surface area contributed by atoms with Gasteiger partial charge < -0.3 is 15.5 Å². The van der Waals surface area contributed by atoms with Gasteiger partial charge in [-0.25, -0.2) is 9.78 Å². The lowest BCUT2D eigenvalue weighted by Crippen LogP contribution is -2.30. The molecule has 2 rings (SSSR count). The molecule has 6 nitrogen and oxygen atoms in total. The average Bonchev–Trinajstić information content (AvgIpc) is 2.61. The monoisotopic (exact) mass is 209 g/mol. The van der Waals surface area contributed by atoms with E-state index in [1.165, 1.54) is 17.2 Å². The van der Waals surface area contributed by atoms with Crippen LogP contribution in [0.4, 0.5) is 10.6 Å². The fraction of sp³-hybridized carbons (Fsp3) is 0.333. The van der Waals surface area contributed by atoms with Crippen molar-refractivity contribution in [3.63, 3.8) is 0 Å². The number of aliphatic hydroxyl groups excluding tert-OH is 1. The molecular weight excluding hydrogens is 198 g/mol. The van der Waals surface area contributed by atoms with Crippen LogP contribution in [0.5, 0.6) is 5.75 Å². The topological polar surface area (TPSA) is 85.7 Å². The normalized spacial score (nSPS) is 20.5. The summed E-state index contributed by atoms with van der Waals surface area (Å²) in [6.45, 7) is 0.285. The van der Waals surface area contributed by atoms with Crippen molar-refractivity contribution in [1.29, 1.82) is 0 Å². The molecule has 1 aromatic rings. The van der Waals surface area contributed by atoms with E-state index < -0.39 is 0 Å². The molecule has 1 fully saturated rings. The van der Waals surface area contributed by atoms with E-state index in [0.29, 0.717) is 12.4 Å². The SMILES string of the molecule is O=C1N[C@H](CO)CN1c1ccc(O)cn1. The smallest absolute Gasteiger partial charge is 0.323 e. The minimum absolute atomic E-state index is 0.0528. The maximum atomic E-state index is 11.4. The number of aromatic hydroxyl groups is 1. The van der Waals surface area contributed by atoms with Crippen molar-refractivity contribution in [1.82, 2.24) is 10.3 Å². The first-order valence-electron chi connectivity index (χ1n) is 4.54. The number of pyridine rings is 1. The highest BCUT2D eigenvalue weighted by molar-refractivity contribution is 5.93. The molecule has 0 saturated carbocycles. The fourth-order valence-electron chi connectivity index (χ4n) is 1.44. The van der Waals surface area contributed by atoms with Crippen LogP contribution < -0.4 is 10.2 Å². The van der Waals surface area contributed by atoms with Crippen molar-refractivity contribution in [2.75, 3.05) is 18.1 Å². The zero-order chi connectivity index (χ0) is 10.8. The minimum Gasteiger partial charge on any atom is -0.506 e. The Hall–Kier alpha value is -1.82. The van der Waals surface area contributed by atoms with E-state index in [0.717, 1.165) is 0 Å². The molecule has 0 radical (unpaired) electrons. The van der Waals surface area contributed by atoms with E-state index in [9.17, 15) is 4.79 Å². The van der Waals surface area contributed by atoms with Crippen LogP contribution in [0.25, 0.3) is 0 Å². The van der Waals surface area contributed by atoms with Gasteiger partial charge in [-0.05, 0) is 12.1 Å². The summed E-state index contributed by atoms with van der Waals surface area (Å²) in [5.74, 6) is 0.512. The second-order valence-electron chi connectivity index (χ2n) is 3.31. The average molecular weight is 209 g/mol. The lowest BCUT2D eigenvalue weighted by atomic mass is 10.3.